The second-order valence-corrected chi connectivity index (χ2v) is 22.9. The summed E-state index contributed by atoms with van der Waals surface area (Å²) in [7, 11) is 0. The Hall–Kier alpha value is -8.25. The van der Waals surface area contributed by atoms with Crippen LogP contribution >= 0.6 is 11.8 Å². The summed E-state index contributed by atoms with van der Waals surface area (Å²) >= 11 is 1.86. The molecule has 10 aromatic carbocycles. The van der Waals surface area contributed by atoms with Crippen molar-refractivity contribution < 1.29 is 4.42 Å². The highest BCUT2D eigenvalue weighted by Crippen LogP contribution is 2.54. The van der Waals surface area contributed by atoms with Crippen LogP contribution in [0.15, 0.2) is 227 Å². The first-order valence-electron chi connectivity index (χ1n) is 25.4. The topological polar surface area (TPSA) is 26.2 Å². The van der Waals surface area contributed by atoms with Gasteiger partial charge in [-0.2, -0.15) is 0 Å². The van der Waals surface area contributed by atoms with Crippen LogP contribution in [0, 0.1) is 0 Å². The summed E-state index contributed by atoms with van der Waals surface area (Å²) in [5, 5.41) is 7.25. The minimum atomic E-state index is 0.0175. The SMILES string of the molecule is CC(C)(C)c1ccc2c(c1)c1cc(C(C)(C)C)ccc1n2-c1ccc2c(c1)Sc1cc(-n3c4ccc(-c5ccccc5)cc4c4cc(-c5ccccc5)ccc43)ccc1N2c1ccc2oc3ccccc3c2c1. The lowest BCUT2D eigenvalue weighted by molar-refractivity contribution is 0.590. The van der Waals surface area contributed by atoms with E-state index in [1.54, 1.807) is 0 Å². The number of aromatic nitrogens is 2. The number of hydrogen-bond donors (Lipinski definition) is 0. The largest absolute Gasteiger partial charge is 0.456 e. The minimum Gasteiger partial charge on any atom is -0.456 e. The number of para-hydroxylation sites is 1. The van der Waals surface area contributed by atoms with Gasteiger partial charge in [0.2, 0.25) is 0 Å². The lowest BCUT2D eigenvalue weighted by atomic mass is 9.85. The van der Waals surface area contributed by atoms with Crippen LogP contribution in [0.3, 0.4) is 0 Å². The van der Waals surface area contributed by atoms with E-state index < -0.39 is 0 Å². The highest BCUT2D eigenvalue weighted by atomic mass is 32.2. The Labute approximate surface area is 429 Å². The first-order chi connectivity index (χ1) is 35.4. The molecular weight excluding hydrogens is 907 g/mol. The average molecular weight is 960 g/mol. The van der Waals surface area contributed by atoms with Crippen molar-refractivity contribution in [3.8, 4) is 33.6 Å². The Morgan fingerprint density at radius 3 is 1.27 bits per heavy atom. The Morgan fingerprint density at radius 1 is 0.329 bits per heavy atom. The van der Waals surface area contributed by atoms with Gasteiger partial charge in [0.05, 0.1) is 33.4 Å². The number of furan rings is 1. The zero-order valence-electron chi connectivity index (χ0n) is 41.9. The van der Waals surface area contributed by atoms with Crippen molar-refractivity contribution >= 4 is 94.4 Å². The van der Waals surface area contributed by atoms with Crippen molar-refractivity contribution in [2.75, 3.05) is 4.90 Å². The normalized spacial score (nSPS) is 13.0. The van der Waals surface area contributed by atoms with Crippen molar-refractivity contribution in [1.29, 1.82) is 0 Å². The molecule has 14 rings (SSSR count). The smallest absolute Gasteiger partial charge is 0.135 e. The number of hydrogen-bond acceptors (Lipinski definition) is 3. The lowest BCUT2D eigenvalue weighted by Gasteiger charge is -2.33. The van der Waals surface area contributed by atoms with E-state index in [0.717, 1.165) is 50.4 Å². The molecule has 1 aliphatic rings. The second-order valence-electron chi connectivity index (χ2n) is 21.9. The lowest BCUT2D eigenvalue weighted by Crippen LogP contribution is -2.15. The van der Waals surface area contributed by atoms with Crippen LogP contribution in [0.2, 0.25) is 0 Å². The van der Waals surface area contributed by atoms with Crippen molar-refractivity contribution in [1.82, 2.24) is 9.13 Å². The van der Waals surface area contributed by atoms with E-state index in [0.29, 0.717) is 0 Å². The fourth-order valence-electron chi connectivity index (χ4n) is 11.4. The van der Waals surface area contributed by atoms with Gasteiger partial charge in [-0.1, -0.05) is 156 Å². The minimum absolute atomic E-state index is 0.0175. The number of fused-ring (bicyclic) bond motifs is 11. The van der Waals surface area contributed by atoms with Gasteiger partial charge >= 0.3 is 0 Å². The van der Waals surface area contributed by atoms with Gasteiger partial charge < -0.3 is 18.5 Å². The van der Waals surface area contributed by atoms with Crippen LogP contribution < -0.4 is 4.90 Å². The zero-order chi connectivity index (χ0) is 49.3. The summed E-state index contributed by atoms with van der Waals surface area (Å²) in [4.78, 5) is 4.83. The Morgan fingerprint density at radius 2 is 0.767 bits per heavy atom. The number of anilines is 3. The monoisotopic (exact) mass is 959 g/mol. The van der Waals surface area contributed by atoms with Crippen molar-refractivity contribution in [3.63, 3.8) is 0 Å². The summed E-state index contributed by atoms with van der Waals surface area (Å²) in [6.45, 7) is 13.8. The molecule has 5 heteroatoms. The van der Waals surface area contributed by atoms with Gasteiger partial charge in [0, 0.05) is 59.2 Å². The van der Waals surface area contributed by atoms with E-state index in [2.05, 4.69) is 262 Å². The van der Waals surface area contributed by atoms with Gasteiger partial charge in [0.1, 0.15) is 11.2 Å². The first-order valence-corrected chi connectivity index (χ1v) is 26.2. The summed E-state index contributed by atoms with van der Waals surface area (Å²) in [5.41, 5.74) is 19.7. The average Bonchev–Trinajstić information content (AvgIpc) is 4.06. The molecule has 0 amide bonds. The molecule has 3 aromatic heterocycles. The third-order valence-corrected chi connectivity index (χ3v) is 16.3. The molecule has 13 aromatic rings. The molecule has 0 fully saturated rings. The molecule has 0 aliphatic carbocycles. The third kappa shape index (κ3) is 7.05. The first kappa shape index (κ1) is 43.5. The Balaban J connectivity index is 0.977. The predicted octanol–water partition coefficient (Wildman–Crippen LogP) is 19.6. The summed E-state index contributed by atoms with van der Waals surface area (Å²) in [5.74, 6) is 0. The van der Waals surface area contributed by atoms with Crippen LogP contribution in [0.25, 0.3) is 99.2 Å². The van der Waals surface area contributed by atoms with E-state index in [-0.39, 0.29) is 10.8 Å². The fourth-order valence-corrected chi connectivity index (χ4v) is 12.5. The van der Waals surface area contributed by atoms with E-state index >= 15 is 0 Å². The van der Waals surface area contributed by atoms with Crippen LogP contribution in [0.4, 0.5) is 17.1 Å². The second kappa shape index (κ2) is 16.1. The predicted molar refractivity (Wildman–Crippen MR) is 309 cm³/mol. The van der Waals surface area contributed by atoms with Crippen molar-refractivity contribution in [2.24, 2.45) is 0 Å². The van der Waals surface area contributed by atoms with Crippen molar-refractivity contribution in [3.05, 3.63) is 223 Å². The standard InChI is InChI=1S/C68H53N3OS/c1-67(2,3)46-23-30-59-54(37-46)55-38-47(68(4,5)6)24-31-60(55)70(59)50-26-33-62-66(41-50)73-65-40-49(25-32-61(65)71(62)48-27-34-64-56(39-48)51-19-13-14-20-63(51)72-64)69-57-28-21-44(42-15-9-7-10-16-42)35-52(57)53-36-45(22-29-58(53)69)43-17-11-8-12-18-43/h7-41H,1-6H3. The van der Waals surface area contributed by atoms with Gasteiger partial charge in [-0.25, -0.2) is 0 Å². The molecule has 4 nitrogen and oxygen atoms in total. The number of benzene rings is 10. The van der Waals surface area contributed by atoms with Crippen LogP contribution in [0.5, 0.6) is 0 Å². The summed E-state index contributed by atoms with van der Waals surface area (Å²) < 4.78 is 11.3. The van der Waals surface area contributed by atoms with Crippen LogP contribution in [-0.2, 0) is 10.8 Å². The summed E-state index contributed by atoms with van der Waals surface area (Å²) in [6, 6.07) is 78.7. The third-order valence-electron chi connectivity index (χ3n) is 15.2. The molecule has 0 radical (unpaired) electrons. The molecule has 0 spiro atoms. The molecule has 352 valence electrons. The van der Waals surface area contributed by atoms with Crippen LogP contribution in [0.1, 0.15) is 52.7 Å². The molecule has 1 aliphatic heterocycles. The van der Waals surface area contributed by atoms with Gasteiger partial charge in [0.15, 0.2) is 0 Å². The quantitative estimate of drug-likeness (QED) is 0.172. The van der Waals surface area contributed by atoms with Gasteiger partial charge in [-0.3, -0.25) is 0 Å². The highest BCUT2D eigenvalue weighted by molar-refractivity contribution is 7.99. The maximum absolute atomic E-state index is 6.38. The maximum Gasteiger partial charge on any atom is 0.135 e. The molecule has 0 saturated carbocycles. The Kier molecular flexibility index (Phi) is 9.62. The van der Waals surface area contributed by atoms with Gasteiger partial charge in [-0.15, -0.1) is 0 Å². The van der Waals surface area contributed by atoms with Gasteiger partial charge in [-0.05, 0) is 153 Å². The molecular formula is C68H53N3OS. The molecule has 0 atom stereocenters. The number of nitrogens with zero attached hydrogens (tertiary/aromatic N) is 3. The fraction of sp³-hybridized carbons (Fsp3) is 0.118. The van der Waals surface area contributed by atoms with Gasteiger partial charge in [0.25, 0.3) is 0 Å². The van der Waals surface area contributed by atoms with Crippen molar-refractivity contribution in [2.45, 2.75) is 62.2 Å². The van der Waals surface area contributed by atoms with E-state index in [1.807, 2.05) is 17.8 Å². The van der Waals surface area contributed by atoms with E-state index in [4.69, 9.17) is 4.42 Å². The van der Waals surface area contributed by atoms with E-state index in [9.17, 15) is 0 Å². The molecule has 73 heavy (non-hydrogen) atoms. The molecule has 0 saturated heterocycles. The highest BCUT2D eigenvalue weighted by Gasteiger charge is 2.29. The number of rotatable bonds is 5. The molecule has 0 unspecified atom stereocenters. The summed E-state index contributed by atoms with van der Waals surface area (Å²) in [6.07, 6.45) is 0. The van der Waals surface area contributed by atoms with Crippen LogP contribution in [-0.4, -0.2) is 9.13 Å². The zero-order valence-corrected chi connectivity index (χ0v) is 42.7. The maximum atomic E-state index is 6.38. The molecule has 0 bridgehead atoms. The molecule has 4 heterocycles. The Bertz CT molecular complexity index is 4200. The van der Waals surface area contributed by atoms with E-state index in [1.165, 1.54) is 86.8 Å². The molecule has 0 N–H and O–H groups in total.